The van der Waals surface area contributed by atoms with Crippen molar-refractivity contribution in [1.29, 1.82) is 0 Å². The molecule has 3 rings (SSSR count). The summed E-state index contributed by atoms with van der Waals surface area (Å²) >= 11 is 3.83. The average Bonchev–Trinajstić information content (AvgIpc) is 3.03. The molecule has 0 saturated carbocycles. The molecular weight excluding hydrogens is 319 g/mol. The number of fused-ring (bicyclic) bond motifs is 1. The number of aromatic nitrogens is 2. The molecular formula is C12H7FN2O2S3. The van der Waals surface area contributed by atoms with E-state index in [2.05, 4.69) is 10.2 Å². The summed E-state index contributed by atoms with van der Waals surface area (Å²) in [6, 6.07) is 4.66. The van der Waals surface area contributed by atoms with Gasteiger partial charge in [0.25, 0.3) is 0 Å². The van der Waals surface area contributed by atoms with E-state index < -0.39 is 5.97 Å². The third-order valence-electron chi connectivity index (χ3n) is 2.64. The molecule has 0 atom stereocenters. The topological polar surface area (TPSA) is 63.1 Å². The minimum atomic E-state index is -1.03. The first kappa shape index (κ1) is 13.5. The Bertz CT molecular complexity index is 770. The fraction of sp³-hybridized carbons (Fsp3) is 0.0833. The second kappa shape index (κ2) is 5.47. The molecule has 0 fully saturated rings. The Kier molecular flexibility index (Phi) is 3.68. The minimum absolute atomic E-state index is 0.183. The van der Waals surface area contributed by atoms with Gasteiger partial charge in [-0.2, -0.15) is 0 Å². The van der Waals surface area contributed by atoms with Gasteiger partial charge < -0.3 is 5.11 Å². The Morgan fingerprint density at radius 2 is 2.30 bits per heavy atom. The fourth-order valence-electron chi connectivity index (χ4n) is 1.84. The Balaban J connectivity index is 2.06. The maximum atomic E-state index is 14.0. The number of nitrogens with zero attached hydrogens (tertiary/aromatic N) is 2. The number of halogens is 1. The highest BCUT2D eigenvalue weighted by Crippen LogP contribution is 2.37. The van der Waals surface area contributed by atoms with E-state index in [1.807, 2.05) is 0 Å². The van der Waals surface area contributed by atoms with Crippen LogP contribution in [0.15, 0.2) is 28.0 Å². The molecule has 0 bridgehead atoms. The molecule has 1 N–H and O–H groups in total. The second-order valence-corrected chi connectivity index (χ2v) is 6.93. The van der Waals surface area contributed by atoms with E-state index in [4.69, 9.17) is 0 Å². The van der Waals surface area contributed by atoms with Crippen LogP contribution < -0.4 is 0 Å². The van der Waals surface area contributed by atoms with Crippen LogP contribution in [0.1, 0.15) is 15.2 Å². The van der Waals surface area contributed by atoms with E-state index >= 15 is 0 Å². The zero-order chi connectivity index (χ0) is 14.1. The molecule has 0 spiro atoms. The fourth-order valence-corrected chi connectivity index (χ4v) is 4.52. The number of aromatic carboxylic acids is 1. The lowest BCUT2D eigenvalue weighted by Gasteiger charge is -2.00. The van der Waals surface area contributed by atoms with E-state index in [0.29, 0.717) is 21.4 Å². The van der Waals surface area contributed by atoms with Crippen LogP contribution in [0.5, 0.6) is 0 Å². The second-order valence-electron chi connectivity index (χ2n) is 3.82. The van der Waals surface area contributed by atoms with Crippen molar-refractivity contribution in [3.8, 4) is 0 Å². The van der Waals surface area contributed by atoms with E-state index in [0.717, 1.165) is 15.7 Å². The van der Waals surface area contributed by atoms with E-state index in [1.54, 1.807) is 17.6 Å². The van der Waals surface area contributed by atoms with Crippen molar-refractivity contribution in [2.24, 2.45) is 0 Å². The summed E-state index contributed by atoms with van der Waals surface area (Å²) in [7, 11) is 0. The number of hydrogen-bond donors (Lipinski definition) is 1. The van der Waals surface area contributed by atoms with Crippen LogP contribution in [0.25, 0.3) is 10.1 Å². The largest absolute Gasteiger partial charge is 0.477 e. The first-order valence-electron chi connectivity index (χ1n) is 5.49. The van der Waals surface area contributed by atoms with Crippen LogP contribution in [0, 0.1) is 5.82 Å². The van der Waals surface area contributed by atoms with Crippen LogP contribution in [-0.2, 0) is 5.75 Å². The molecule has 0 aliphatic heterocycles. The molecule has 8 heteroatoms. The molecule has 4 nitrogen and oxygen atoms in total. The smallest absolute Gasteiger partial charge is 0.346 e. The van der Waals surface area contributed by atoms with Crippen LogP contribution in [0.2, 0.25) is 0 Å². The van der Waals surface area contributed by atoms with Crippen molar-refractivity contribution in [1.82, 2.24) is 10.2 Å². The Labute approximate surface area is 125 Å². The highest BCUT2D eigenvalue weighted by atomic mass is 32.2. The van der Waals surface area contributed by atoms with Crippen molar-refractivity contribution in [3.05, 3.63) is 40.0 Å². The molecule has 3 aromatic rings. The summed E-state index contributed by atoms with van der Waals surface area (Å²) in [5.41, 5.74) is 2.11. The number of carboxylic acids is 1. The van der Waals surface area contributed by atoms with Crippen LogP contribution in [0.3, 0.4) is 0 Å². The predicted octanol–water partition coefficient (Wildman–Crippen LogP) is 3.88. The van der Waals surface area contributed by atoms with Crippen LogP contribution in [0.4, 0.5) is 4.39 Å². The normalized spacial score (nSPS) is 11.1. The molecule has 1 aromatic carbocycles. The quantitative estimate of drug-likeness (QED) is 0.737. The number of rotatable bonds is 4. The Morgan fingerprint density at radius 3 is 3.00 bits per heavy atom. The first-order valence-corrected chi connectivity index (χ1v) is 8.17. The zero-order valence-electron chi connectivity index (χ0n) is 9.87. The first-order chi connectivity index (χ1) is 9.66. The van der Waals surface area contributed by atoms with Crippen molar-refractivity contribution in [3.63, 3.8) is 0 Å². The van der Waals surface area contributed by atoms with Crippen molar-refractivity contribution in [2.75, 3.05) is 0 Å². The lowest BCUT2D eigenvalue weighted by atomic mass is 10.1. The van der Waals surface area contributed by atoms with Gasteiger partial charge in [-0.15, -0.1) is 21.5 Å². The molecule has 20 heavy (non-hydrogen) atoms. The van der Waals surface area contributed by atoms with Crippen molar-refractivity contribution in [2.45, 2.75) is 10.1 Å². The van der Waals surface area contributed by atoms with Gasteiger partial charge in [-0.25, -0.2) is 9.18 Å². The number of benzene rings is 1. The summed E-state index contributed by atoms with van der Waals surface area (Å²) in [5.74, 6) is -1.06. The third-order valence-corrected chi connectivity index (χ3v) is 5.71. The number of carbonyl (C=O) groups is 1. The Morgan fingerprint density at radius 1 is 1.45 bits per heavy atom. The number of carboxylic acid groups (broad SMARTS) is 1. The molecule has 2 aromatic heterocycles. The highest BCUT2D eigenvalue weighted by Gasteiger charge is 2.20. The van der Waals surface area contributed by atoms with Gasteiger partial charge >= 0.3 is 5.97 Å². The number of thiophene rings is 1. The molecule has 102 valence electrons. The average molecular weight is 326 g/mol. The molecule has 0 saturated heterocycles. The SMILES string of the molecule is O=C(O)c1sc2cccc(F)c2c1CSc1nncs1. The van der Waals surface area contributed by atoms with Crippen molar-refractivity contribution < 1.29 is 14.3 Å². The molecule has 0 radical (unpaired) electrons. The standard InChI is InChI=1S/C12H7FN2O2S3/c13-7-2-1-3-8-9(7)6(10(20-8)11(16)17)4-18-12-15-14-5-19-12/h1-3,5H,4H2,(H,16,17). The van der Waals surface area contributed by atoms with Gasteiger partial charge in [0, 0.05) is 15.8 Å². The van der Waals surface area contributed by atoms with Gasteiger partial charge in [0.2, 0.25) is 0 Å². The molecule has 0 aliphatic rings. The van der Waals surface area contributed by atoms with Crippen molar-refractivity contribution >= 4 is 50.5 Å². The molecule has 0 unspecified atom stereocenters. The monoisotopic (exact) mass is 326 g/mol. The van der Waals surface area contributed by atoms with Gasteiger partial charge in [0.15, 0.2) is 4.34 Å². The summed E-state index contributed by atoms with van der Waals surface area (Å²) in [4.78, 5) is 11.5. The van der Waals surface area contributed by atoms with Gasteiger partial charge in [-0.3, -0.25) is 0 Å². The predicted molar refractivity (Wildman–Crippen MR) is 78.2 cm³/mol. The van der Waals surface area contributed by atoms with E-state index in [-0.39, 0.29) is 10.7 Å². The van der Waals surface area contributed by atoms with E-state index in [9.17, 15) is 14.3 Å². The van der Waals surface area contributed by atoms with Crippen LogP contribution in [-0.4, -0.2) is 21.3 Å². The van der Waals surface area contributed by atoms with Gasteiger partial charge in [-0.1, -0.05) is 29.2 Å². The molecule has 0 amide bonds. The Hall–Kier alpha value is -1.51. The summed E-state index contributed by atoms with van der Waals surface area (Å²) in [6.45, 7) is 0. The summed E-state index contributed by atoms with van der Waals surface area (Å²) in [6.07, 6.45) is 0. The lowest BCUT2D eigenvalue weighted by molar-refractivity contribution is 0.0701. The zero-order valence-corrected chi connectivity index (χ0v) is 12.3. The summed E-state index contributed by atoms with van der Waals surface area (Å²) < 4.78 is 15.4. The third kappa shape index (κ3) is 2.41. The molecule has 2 heterocycles. The highest BCUT2D eigenvalue weighted by molar-refractivity contribution is 8.00. The van der Waals surface area contributed by atoms with E-state index in [1.165, 1.54) is 29.2 Å². The lowest BCUT2D eigenvalue weighted by Crippen LogP contribution is -1.97. The number of hydrogen-bond acceptors (Lipinski definition) is 6. The summed E-state index contributed by atoms with van der Waals surface area (Å²) in [5, 5.41) is 17.3. The maximum Gasteiger partial charge on any atom is 0.346 e. The van der Waals surface area contributed by atoms with Gasteiger partial charge in [0.05, 0.1) is 0 Å². The number of thioether (sulfide) groups is 1. The maximum absolute atomic E-state index is 14.0. The van der Waals surface area contributed by atoms with Crippen LogP contribution >= 0.6 is 34.4 Å². The van der Waals surface area contributed by atoms with Gasteiger partial charge in [0.1, 0.15) is 16.2 Å². The minimum Gasteiger partial charge on any atom is -0.477 e. The molecule has 0 aliphatic carbocycles. The van der Waals surface area contributed by atoms with Gasteiger partial charge in [-0.05, 0) is 17.7 Å².